The van der Waals surface area contributed by atoms with Gasteiger partial charge in [-0.05, 0) is 74.9 Å². The number of rotatable bonds is 6. The van der Waals surface area contributed by atoms with Crippen LogP contribution in [-0.2, 0) is 21.2 Å². The number of amides is 1. The van der Waals surface area contributed by atoms with Crippen LogP contribution in [0.3, 0.4) is 0 Å². The van der Waals surface area contributed by atoms with Gasteiger partial charge in [-0.3, -0.25) is 15.1 Å². The number of hydrogen-bond acceptors (Lipinski definition) is 7. The van der Waals surface area contributed by atoms with Gasteiger partial charge in [0.2, 0.25) is 0 Å². The van der Waals surface area contributed by atoms with E-state index in [0.717, 1.165) is 31.5 Å². The maximum atomic E-state index is 13.6. The molecule has 2 heterocycles. The standard InChI is InChI=1S/C20H26N4O5S/c25-18(24-26)20(6-5-19(14-20)7-9-21-10-8-19)30(27,28)17-3-1-16(2-4-17)29-13-15-11-22-23-12-15/h1-4,11-12,21,26H,5-10,13-14H2,(H,22,23)(H,24,25). The Morgan fingerprint density at radius 2 is 1.90 bits per heavy atom. The highest BCUT2D eigenvalue weighted by Gasteiger charge is 2.60. The lowest BCUT2D eigenvalue weighted by Gasteiger charge is -2.36. The third kappa shape index (κ3) is 3.59. The van der Waals surface area contributed by atoms with Crippen molar-refractivity contribution in [2.45, 2.75) is 48.4 Å². The molecule has 30 heavy (non-hydrogen) atoms. The molecule has 9 nitrogen and oxygen atoms in total. The number of sulfone groups is 1. The molecule has 0 bridgehead atoms. The molecule has 1 saturated carbocycles. The fourth-order valence-corrected chi connectivity index (χ4v) is 6.85. The fraction of sp³-hybridized carbons (Fsp3) is 0.500. The Bertz CT molecular complexity index is 985. The molecule has 1 amide bonds. The smallest absolute Gasteiger partial charge is 0.265 e. The number of piperidine rings is 1. The molecular weight excluding hydrogens is 408 g/mol. The molecule has 1 aromatic heterocycles. The molecular formula is C20H26N4O5S. The highest BCUT2D eigenvalue weighted by molar-refractivity contribution is 7.93. The van der Waals surface area contributed by atoms with Crippen molar-refractivity contribution in [1.82, 2.24) is 21.0 Å². The maximum absolute atomic E-state index is 13.6. The summed E-state index contributed by atoms with van der Waals surface area (Å²) in [6.45, 7) is 1.91. The highest BCUT2D eigenvalue weighted by Crippen LogP contribution is 2.54. The van der Waals surface area contributed by atoms with Crippen molar-refractivity contribution in [3.05, 3.63) is 42.2 Å². The lowest BCUT2D eigenvalue weighted by molar-refractivity contribution is -0.132. The number of H-pyrrole nitrogens is 1. The number of benzene rings is 1. The van der Waals surface area contributed by atoms with Crippen LogP contribution in [0.1, 0.15) is 37.7 Å². The van der Waals surface area contributed by atoms with Gasteiger partial charge in [-0.1, -0.05) is 0 Å². The van der Waals surface area contributed by atoms with Gasteiger partial charge in [-0.25, -0.2) is 13.9 Å². The van der Waals surface area contributed by atoms with E-state index in [2.05, 4.69) is 15.5 Å². The van der Waals surface area contributed by atoms with Gasteiger partial charge in [0, 0.05) is 11.8 Å². The summed E-state index contributed by atoms with van der Waals surface area (Å²) in [4.78, 5) is 12.7. The van der Waals surface area contributed by atoms with Gasteiger partial charge in [0.05, 0.1) is 11.1 Å². The molecule has 162 valence electrons. The van der Waals surface area contributed by atoms with Crippen molar-refractivity contribution in [1.29, 1.82) is 0 Å². The summed E-state index contributed by atoms with van der Waals surface area (Å²) >= 11 is 0. The summed E-state index contributed by atoms with van der Waals surface area (Å²) in [5.74, 6) is -0.338. The van der Waals surface area contributed by atoms with Crippen molar-refractivity contribution in [3.8, 4) is 5.75 Å². The molecule has 4 rings (SSSR count). The minimum atomic E-state index is -4.02. The van der Waals surface area contributed by atoms with Crippen LogP contribution >= 0.6 is 0 Å². The molecule has 2 aliphatic rings. The summed E-state index contributed by atoms with van der Waals surface area (Å²) in [6.07, 6.45) is 6.07. The number of hydroxylamine groups is 1. The number of aromatic amines is 1. The van der Waals surface area contributed by atoms with Crippen LogP contribution in [0.5, 0.6) is 5.75 Å². The lowest BCUT2D eigenvalue weighted by atomic mass is 9.77. The Morgan fingerprint density at radius 1 is 1.17 bits per heavy atom. The monoisotopic (exact) mass is 434 g/mol. The predicted molar refractivity (Wildman–Crippen MR) is 108 cm³/mol. The van der Waals surface area contributed by atoms with Gasteiger partial charge >= 0.3 is 0 Å². The summed E-state index contributed by atoms with van der Waals surface area (Å²) < 4.78 is 31.2. The third-order valence-corrected chi connectivity index (χ3v) is 8.96. The zero-order chi connectivity index (χ0) is 21.2. The second-order valence-electron chi connectivity index (χ2n) is 8.23. The topological polar surface area (TPSA) is 133 Å². The first-order chi connectivity index (χ1) is 14.4. The maximum Gasteiger partial charge on any atom is 0.265 e. The number of ether oxygens (including phenoxy) is 1. The van der Waals surface area contributed by atoms with Gasteiger partial charge in [0.25, 0.3) is 5.91 Å². The van der Waals surface area contributed by atoms with Crippen LogP contribution < -0.4 is 15.5 Å². The lowest BCUT2D eigenvalue weighted by Crippen LogP contribution is -2.51. The van der Waals surface area contributed by atoms with E-state index in [4.69, 9.17) is 4.74 Å². The van der Waals surface area contributed by atoms with Gasteiger partial charge in [0.1, 0.15) is 12.4 Å². The molecule has 2 aromatic rings. The van der Waals surface area contributed by atoms with Crippen LogP contribution in [0.4, 0.5) is 0 Å². The first-order valence-electron chi connectivity index (χ1n) is 10.0. The first kappa shape index (κ1) is 20.8. The third-order valence-electron chi connectivity index (χ3n) is 6.51. The summed E-state index contributed by atoms with van der Waals surface area (Å²) in [7, 11) is -4.02. The van der Waals surface area contributed by atoms with E-state index in [1.807, 2.05) is 0 Å². The number of carbonyl (C=O) groups is 1. The van der Waals surface area contributed by atoms with E-state index in [1.54, 1.807) is 30.0 Å². The van der Waals surface area contributed by atoms with Gasteiger partial charge < -0.3 is 10.1 Å². The van der Waals surface area contributed by atoms with E-state index in [0.29, 0.717) is 18.8 Å². The summed E-state index contributed by atoms with van der Waals surface area (Å²) in [5, 5.41) is 19.2. The second kappa shape index (κ2) is 8.01. The largest absolute Gasteiger partial charge is 0.489 e. The fourth-order valence-electron chi connectivity index (χ4n) is 4.74. The number of nitrogens with one attached hydrogen (secondary N) is 3. The number of nitrogens with zero attached hydrogens (tertiary/aromatic N) is 1. The van der Waals surface area contributed by atoms with Crippen molar-refractivity contribution < 1.29 is 23.2 Å². The van der Waals surface area contributed by atoms with Gasteiger partial charge in [-0.2, -0.15) is 5.10 Å². The predicted octanol–water partition coefficient (Wildman–Crippen LogP) is 1.56. The van der Waals surface area contributed by atoms with Crippen molar-refractivity contribution in [3.63, 3.8) is 0 Å². The molecule has 1 atom stereocenters. The molecule has 1 spiro atoms. The van der Waals surface area contributed by atoms with E-state index < -0.39 is 20.5 Å². The van der Waals surface area contributed by atoms with Crippen LogP contribution in [0, 0.1) is 5.41 Å². The Kier molecular flexibility index (Phi) is 5.56. The SMILES string of the molecule is O=C(NO)C1(S(=O)(=O)c2ccc(OCc3cn[nH]c3)cc2)CCC2(CCNCC2)C1. The van der Waals surface area contributed by atoms with E-state index in [1.165, 1.54) is 12.1 Å². The van der Waals surface area contributed by atoms with E-state index in [9.17, 15) is 18.4 Å². The average molecular weight is 435 g/mol. The van der Waals surface area contributed by atoms with Crippen molar-refractivity contribution >= 4 is 15.7 Å². The van der Waals surface area contributed by atoms with Crippen LogP contribution in [0.25, 0.3) is 0 Å². The van der Waals surface area contributed by atoms with Crippen LogP contribution in [0.15, 0.2) is 41.6 Å². The minimum Gasteiger partial charge on any atom is -0.489 e. The summed E-state index contributed by atoms with van der Waals surface area (Å²) in [5.41, 5.74) is 2.29. The Hall–Kier alpha value is -2.43. The minimum absolute atomic E-state index is 0.0488. The Morgan fingerprint density at radius 3 is 2.53 bits per heavy atom. The Labute approximate surface area is 175 Å². The zero-order valence-corrected chi connectivity index (χ0v) is 17.4. The number of carbonyl (C=O) groups excluding carboxylic acids is 1. The average Bonchev–Trinajstić information content (AvgIpc) is 3.42. The molecule has 1 aromatic carbocycles. The van der Waals surface area contributed by atoms with Crippen LogP contribution in [0.2, 0.25) is 0 Å². The summed E-state index contributed by atoms with van der Waals surface area (Å²) in [6, 6.07) is 6.07. The zero-order valence-electron chi connectivity index (χ0n) is 16.6. The number of hydrogen-bond donors (Lipinski definition) is 4. The molecule has 1 aliphatic carbocycles. The quantitative estimate of drug-likeness (QED) is 0.400. The molecule has 4 N–H and O–H groups in total. The number of aromatic nitrogens is 2. The highest BCUT2D eigenvalue weighted by atomic mass is 32.2. The van der Waals surface area contributed by atoms with Gasteiger partial charge in [-0.15, -0.1) is 0 Å². The van der Waals surface area contributed by atoms with E-state index in [-0.39, 0.29) is 23.2 Å². The molecule has 1 saturated heterocycles. The Balaban J connectivity index is 1.58. The van der Waals surface area contributed by atoms with Gasteiger partial charge in [0.15, 0.2) is 14.6 Å². The normalized spacial score (nSPS) is 23.4. The molecule has 0 radical (unpaired) electrons. The van der Waals surface area contributed by atoms with E-state index >= 15 is 0 Å². The van der Waals surface area contributed by atoms with Crippen LogP contribution in [-0.4, -0.2) is 47.6 Å². The first-order valence-corrected chi connectivity index (χ1v) is 11.5. The van der Waals surface area contributed by atoms with Crippen molar-refractivity contribution in [2.75, 3.05) is 13.1 Å². The molecule has 2 fully saturated rings. The molecule has 1 unspecified atom stereocenters. The molecule has 10 heteroatoms. The van der Waals surface area contributed by atoms with Crippen molar-refractivity contribution in [2.24, 2.45) is 5.41 Å². The second-order valence-corrected chi connectivity index (χ2v) is 10.5. The molecule has 1 aliphatic heterocycles.